The van der Waals surface area contributed by atoms with Crippen LogP contribution >= 0.6 is 0 Å². The molecule has 0 aliphatic carbocycles. The minimum Gasteiger partial charge on any atom is -0.489 e. The number of ether oxygens (including phenoxy) is 1. The van der Waals surface area contributed by atoms with Crippen LogP contribution in [0.15, 0.2) is 12.1 Å². The van der Waals surface area contributed by atoms with Gasteiger partial charge in [-0.3, -0.25) is 4.79 Å². The van der Waals surface area contributed by atoms with Gasteiger partial charge in [-0.2, -0.15) is 0 Å². The molecule has 0 radical (unpaired) electrons. The van der Waals surface area contributed by atoms with Crippen LogP contribution in [0.2, 0.25) is 0 Å². The van der Waals surface area contributed by atoms with Crippen molar-refractivity contribution in [3.05, 3.63) is 23.3 Å². The molecule has 0 unspecified atom stereocenters. The summed E-state index contributed by atoms with van der Waals surface area (Å²) >= 11 is 0. The third kappa shape index (κ3) is 3.04. The van der Waals surface area contributed by atoms with E-state index in [9.17, 15) is 4.79 Å². The molecule has 0 atom stereocenters. The van der Waals surface area contributed by atoms with Crippen LogP contribution in [0, 0.1) is 0 Å². The highest BCUT2D eigenvalue weighted by atomic mass is 16.5. The standard InChI is InChI=1S/C17H25N3O2/c1-12(2)22-16-9-13-11-20(8-7-19-5-3-4-6-19)17(21)14(13)10-15(16)18/h9-10,12H,3-8,11,18H2,1-2H3. The largest absolute Gasteiger partial charge is 0.489 e. The molecule has 3 rings (SSSR count). The number of anilines is 1. The predicted molar refractivity (Wildman–Crippen MR) is 87.0 cm³/mol. The Hall–Kier alpha value is -1.75. The Morgan fingerprint density at radius 3 is 2.64 bits per heavy atom. The summed E-state index contributed by atoms with van der Waals surface area (Å²) in [7, 11) is 0. The number of benzene rings is 1. The average Bonchev–Trinajstić information content (AvgIpc) is 3.07. The molecule has 1 aromatic carbocycles. The summed E-state index contributed by atoms with van der Waals surface area (Å²) in [4.78, 5) is 16.8. The fourth-order valence-electron chi connectivity index (χ4n) is 3.22. The topological polar surface area (TPSA) is 58.8 Å². The quantitative estimate of drug-likeness (QED) is 0.846. The fraction of sp³-hybridized carbons (Fsp3) is 0.588. The number of nitrogens with zero attached hydrogens (tertiary/aromatic N) is 2. The van der Waals surface area contributed by atoms with Crippen molar-refractivity contribution in [1.29, 1.82) is 0 Å². The van der Waals surface area contributed by atoms with Crippen LogP contribution in [0.25, 0.3) is 0 Å². The van der Waals surface area contributed by atoms with Gasteiger partial charge in [0.25, 0.3) is 5.91 Å². The van der Waals surface area contributed by atoms with E-state index in [1.807, 2.05) is 24.8 Å². The molecule has 0 saturated carbocycles. The van der Waals surface area contributed by atoms with Crippen LogP contribution in [0.3, 0.4) is 0 Å². The van der Waals surface area contributed by atoms with E-state index in [4.69, 9.17) is 10.5 Å². The van der Waals surface area contributed by atoms with Gasteiger partial charge in [0.15, 0.2) is 0 Å². The van der Waals surface area contributed by atoms with E-state index in [2.05, 4.69) is 4.90 Å². The highest BCUT2D eigenvalue weighted by molar-refractivity contribution is 5.99. The van der Waals surface area contributed by atoms with Gasteiger partial charge in [-0.1, -0.05) is 0 Å². The fourth-order valence-corrected chi connectivity index (χ4v) is 3.22. The molecule has 22 heavy (non-hydrogen) atoms. The Morgan fingerprint density at radius 1 is 1.23 bits per heavy atom. The second-order valence-corrected chi connectivity index (χ2v) is 6.49. The first-order valence-electron chi connectivity index (χ1n) is 8.15. The smallest absolute Gasteiger partial charge is 0.254 e. The highest BCUT2D eigenvalue weighted by Gasteiger charge is 2.29. The van der Waals surface area contributed by atoms with E-state index in [0.717, 1.165) is 37.3 Å². The summed E-state index contributed by atoms with van der Waals surface area (Å²) in [6.45, 7) is 8.68. The number of carbonyl (C=O) groups excluding carboxylic acids is 1. The molecule has 2 N–H and O–H groups in total. The maximum Gasteiger partial charge on any atom is 0.254 e. The Bertz CT molecular complexity index is 565. The lowest BCUT2D eigenvalue weighted by Crippen LogP contribution is -2.33. The zero-order chi connectivity index (χ0) is 15.7. The second kappa shape index (κ2) is 6.16. The number of nitrogens with two attached hydrogens (primary N) is 1. The number of hydrogen-bond acceptors (Lipinski definition) is 4. The van der Waals surface area contributed by atoms with Gasteiger partial charge in [0.2, 0.25) is 0 Å². The van der Waals surface area contributed by atoms with Crippen LogP contribution in [0.5, 0.6) is 5.75 Å². The molecule has 1 amide bonds. The van der Waals surface area contributed by atoms with Crippen molar-refractivity contribution in [2.24, 2.45) is 0 Å². The Balaban J connectivity index is 1.69. The lowest BCUT2D eigenvalue weighted by atomic mass is 10.1. The van der Waals surface area contributed by atoms with Gasteiger partial charge < -0.3 is 20.3 Å². The first-order valence-corrected chi connectivity index (χ1v) is 8.15. The predicted octanol–water partition coefficient (Wildman–Crippen LogP) is 2.11. The molecular weight excluding hydrogens is 278 g/mol. The van der Waals surface area contributed by atoms with Gasteiger partial charge >= 0.3 is 0 Å². The molecule has 1 saturated heterocycles. The Morgan fingerprint density at radius 2 is 1.95 bits per heavy atom. The van der Waals surface area contributed by atoms with E-state index in [-0.39, 0.29) is 12.0 Å². The van der Waals surface area contributed by atoms with Crippen LogP contribution in [0.1, 0.15) is 42.6 Å². The molecule has 120 valence electrons. The van der Waals surface area contributed by atoms with E-state index in [1.54, 1.807) is 6.07 Å². The minimum absolute atomic E-state index is 0.0729. The van der Waals surface area contributed by atoms with Gasteiger partial charge in [-0.25, -0.2) is 0 Å². The average molecular weight is 303 g/mol. The summed E-state index contributed by atoms with van der Waals surface area (Å²) < 4.78 is 5.72. The Kier molecular flexibility index (Phi) is 4.25. The van der Waals surface area contributed by atoms with Crippen molar-refractivity contribution in [3.8, 4) is 5.75 Å². The molecule has 1 fully saturated rings. The molecular formula is C17H25N3O2. The van der Waals surface area contributed by atoms with Gasteiger partial charge in [0.1, 0.15) is 5.75 Å². The molecule has 5 nitrogen and oxygen atoms in total. The Labute approximate surface area is 132 Å². The van der Waals surface area contributed by atoms with Gasteiger partial charge in [-0.05, 0) is 57.5 Å². The van der Waals surface area contributed by atoms with Crippen molar-refractivity contribution >= 4 is 11.6 Å². The number of amides is 1. The highest BCUT2D eigenvalue weighted by Crippen LogP contribution is 2.32. The van der Waals surface area contributed by atoms with Crippen LogP contribution < -0.4 is 10.5 Å². The van der Waals surface area contributed by atoms with Gasteiger partial charge in [0.05, 0.1) is 11.8 Å². The van der Waals surface area contributed by atoms with E-state index >= 15 is 0 Å². The van der Waals surface area contributed by atoms with Crippen LogP contribution in [0.4, 0.5) is 5.69 Å². The molecule has 0 bridgehead atoms. The van der Waals surface area contributed by atoms with Crippen molar-refractivity contribution in [1.82, 2.24) is 9.80 Å². The summed E-state index contributed by atoms with van der Waals surface area (Å²) in [6, 6.07) is 3.70. The summed E-state index contributed by atoms with van der Waals surface area (Å²) in [5.74, 6) is 0.778. The number of nitrogen functional groups attached to an aromatic ring is 1. The lowest BCUT2D eigenvalue weighted by molar-refractivity contribution is 0.0763. The van der Waals surface area contributed by atoms with E-state index in [0.29, 0.717) is 18.0 Å². The molecule has 1 aromatic rings. The molecule has 2 aliphatic heterocycles. The van der Waals surface area contributed by atoms with Gasteiger partial charge in [0, 0.05) is 25.2 Å². The normalized spacial score (nSPS) is 18.3. The zero-order valence-electron chi connectivity index (χ0n) is 13.5. The zero-order valence-corrected chi connectivity index (χ0v) is 13.5. The van der Waals surface area contributed by atoms with Gasteiger partial charge in [-0.15, -0.1) is 0 Å². The number of rotatable bonds is 5. The van der Waals surface area contributed by atoms with Crippen molar-refractivity contribution in [3.63, 3.8) is 0 Å². The third-order valence-corrected chi connectivity index (χ3v) is 4.36. The van der Waals surface area contributed by atoms with Crippen LogP contribution in [-0.4, -0.2) is 48.0 Å². The van der Waals surface area contributed by atoms with Crippen LogP contribution in [-0.2, 0) is 6.54 Å². The molecule has 5 heteroatoms. The third-order valence-electron chi connectivity index (χ3n) is 4.36. The lowest BCUT2D eigenvalue weighted by Gasteiger charge is -2.20. The maximum absolute atomic E-state index is 12.5. The summed E-state index contributed by atoms with van der Waals surface area (Å²) in [6.07, 6.45) is 2.63. The number of likely N-dealkylation sites (tertiary alicyclic amines) is 1. The van der Waals surface area contributed by atoms with E-state index < -0.39 is 0 Å². The van der Waals surface area contributed by atoms with Crippen molar-refractivity contribution in [2.45, 2.75) is 39.3 Å². The summed E-state index contributed by atoms with van der Waals surface area (Å²) in [5.41, 5.74) is 8.32. The molecule has 2 heterocycles. The van der Waals surface area contributed by atoms with Crippen molar-refractivity contribution < 1.29 is 9.53 Å². The minimum atomic E-state index is 0.0729. The number of hydrogen-bond donors (Lipinski definition) is 1. The van der Waals surface area contributed by atoms with Crippen molar-refractivity contribution in [2.75, 3.05) is 31.9 Å². The number of carbonyl (C=O) groups is 1. The summed E-state index contributed by atoms with van der Waals surface area (Å²) in [5, 5.41) is 0. The SMILES string of the molecule is CC(C)Oc1cc2c(cc1N)C(=O)N(CCN1CCCC1)C2. The molecule has 0 aromatic heterocycles. The first kappa shape index (κ1) is 15.2. The van der Waals surface area contributed by atoms with E-state index in [1.165, 1.54) is 12.8 Å². The first-order chi connectivity index (χ1) is 10.5. The monoisotopic (exact) mass is 303 g/mol. The maximum atomic E-state index is 12.5. The number of fused-ring (bicyclic) bond motifs is 1. The molecule has 2 aliphatic rings. The molecule has 0 spiro atoms. The second-order valence-electron chi connectivity index (χ2n) is 6.49.